The highest BCUT2D eigenvalue weighted by Gasteiger charge is 2.46. The average molecular weight is 305 g/mol. The maximum Gasteiger partial charge on any atom is 0.407 e. The van der Waals surface area contributed by atoms with E-state index in [1.54, 1.807) is 4.90 Å². The predicted octanol–water partition coefficient (Wildman–Crippen LogP) is 1.87. The van der Waals surface area contributed by atoms with Crippen molar-refractivity contribution in [3.63, 3.8) is 0 Å². The Labute approximate surface area is 128 Å². The van der Waals surface area contributed by atoms with Crippen LogP contribution in [-0.4, -0.2) is 47.1 Å². The van der Waals surface area contributed by atoms with Gasteiger partial charge in [-0.1, -0.05) is 18.2 Å². The summed E-state index contributed by atoms with van der Waals surface area (Å²) in [6, 6.07) is 6.80. The third-order valence-electron chi connectivity index (χ3n) is 4.92. The van der Waals surface area contributed by atoms with Gasteiger partial charge in [-0.15, -0.1) is 0 Å². The number of carbonyl (C=O) groups is 1. The smallest absolute Gasteiger partial charge is 0.407 e. The van der Waals surface area contributed by atoms with Crippen molar-refractivity contribution in [3.05, 3.63) is 29.3 Å². The lowest BCUT2D eigenvalue weighted by Gasteiger charge is -2.39. The molecule has 1 fully saturated rings. The zero-order chi connectivity index (χ0) is 14.6. The number of para-hydroxylation sites is 1. The minimum absolute atomic E-state index is 0.0313. The number of rotatable bonds is 0. The molecule has 1 amide bonds. The lowest BCUT2D eigenvalue weighted by Crippen LogP contribution is -2.53. The van der Waals surface area contributed by atoms with Crippen LogP contribution in [0.15, 0.2) is 18.2 Å². The van der Waals surface area contributed by atoms with E-state index in [-0.39, 0.29) is 12.1 Å². The van der Waals surface area contributed by atoms with E-state index in [0.29, 0.717) is 19.1 Å². The molecule has 0 bridgehead atoms. The zero-order valence-electron chi connectivity index (χ0n) is 11.7. The maximum absolute atomic E-state index is 11.3. The van der Waals surface area contributed by atoms with Crippen molar-refractivity contribution in [2.24, 2.45) is 5.73 Å². The highest BCUT2D eigenvalue weighted by molar-refractivity contribution is 7.98. The molecule has 3 aliphatic heterocycles. The monoisotopic (exact) mass is 305 g/mol. The first kappa shape index (κ1) is 13.3. The third kappa shape index (κ3) is 1.92. The first-order valence-electron chi connectivity index (χ1n) is 7.38. The fourth-order valence-corrected chi connectivity index (χ4v) is 5.01. The van der Waals surface area contributed by atoms with Crippen molar-refractivity contribution in [1.29, 1.82) is 0 Å². The lowest BCUT2D eigenvalue weighted by atomic mass is 9.89. The van der Waals surface area contributed by atoms with Crippen LogP contribution in [0.5, 0.6) is 0 Å². The molecule has 6 heteroatoms. The highest BCUT2D eigenvalue weighted by Crippen LogP contribution is 2.49. The molecule has 0 aromatic heterocycles. The number of thioether (sulfide) groups is 1. The molecule has 0 aliphatic carbocycles. The number of amides is 1. The molecule has 1 aromatic rings. The third-order valence-corrected chi connectivity index (χ3v) is 6.01. The van der Waals surface area contributed by atoms with Gasteiger partial charge >= 0.3 is 6.09 Å². The molecule has 3 atom stereocenters. The molecule has 1 aromatic carbocycles. The van der Waals surface area contributed by atoms with Gasteiger partial charge in [0.05, 0.1) is 6.17 Å². The second-order valence-electron chi connectivity index (χ2n) is 6.04. The molecule has 21 heavy (non-hydrogen) atoms. The summed E-state index contributed by atoms with van der Waals surface area (Å²) >= 11 is 1.89. The van der Waals surface area contributed by atoms with Gasteiger partial charge in [0.25, 0.3) is 0 Å². The van der Waals surface area contributed by atoms with Crippen molar-refractivity contribution in [1.82, 2.24) is 4.90 Å². The molecule has 0 spiro atoms. The van der Waals surface area contributed by atoms with Gasteiger partial charge in [-0.3, -0.25) is 0 Å². The molecule has 3 N–H and O–H groups in total. The van der Waals surface area contributed by atoms with Crippen molar-refractivity contribution < 1.29 is 9.90 Å². The Morgan fingerprint density at radius 1 is 1.43 bits per heavy atom. The Kier molecular flexibility index (Phi) is 3.04. The number of fused-ring (bicyclic) bond motifs is 3. The molecule has 0 radical (unpaired) electrons. The molecule has 112 valence electrons. The summed E-state index contributed by atoms with van der Waals surface area (Å²) in [5.41, 5.74) is 10.3. The van der Waals surface area contributed by atoms with E-state index in [1.165, 1.54) is 16.8 Å². The van der Waals surface area contributed by atoms with Crippen LogP contribution in [-0.2, 0) is 5.75 Å². The fourth-order valence-electron chi connectivity index (χ4n) is 4.04. The zero-order valence-corrected chi connectivity index (χ0v) is 12.6. The largest absolute Gasteiger partial charge is 0.465 e. The number of nitrogens with two attached hydrogens (primary N) is 1. The van der Waals surface area contributed by atoms with Crippen LogP contribution < -0.4 is 10.6 Å². The van der Waals surface area contributed by atoms with Crippen LogP contribution >= 0.6 is 11.8 Å². The summed E-state index contributed by atoms with van der Waals surface area (Å²) < 4.78 is 0. The van der Waals surface area contributed by atoms with Crippen molar-refractivity contribution in [2.45, 2.75) is 30.3 Å². The number of piperidine rings is 1. The number of carboxylic acid groups (broad SMARTS) is 1. The Bertz CT molecular complexity index is 594. The second kappa shape index (κ2) is 4.81. The van der Waals surface area contributed by atoms with Crippen LogP contribution in [0.3, 0.4) is 0 Å². The summed E-state index contributed by atoms with van der Waals surface area (Å²) in [7, 11) is 0. The summed E-state index contributed by atoms with van der Waals surface area (Å²) in [5, 5.41) is 9.28. The highest BCUT2D eigenvalue weighted by atomic mass is 32.2. The van der Waals surface area contributed by atoms with E-state index in [9.17, 15) is 9.90 Å². The van der Waals surface area contributed by atoms with Crippen LogP contribution in [0.4, 0.5) is 10.5 Å². The summed E-state index contributed by atoms with van der Waals surface area (Å²) in [4.78, 5) is 15.2. The van der Waals surface area contributed by atoms with E-state index < -0.39 is 6.09 Å². The molecule has 1 unspecified atom stereocenters. The quantitative estimate of drug-likeness (QED) is 0.766. The molecular formula is C15H19N3O2S. The topological polar surface area (TPSA) is 69.8 Å². The Morgan fingerprint density at radius 3 is 3.10 bits per heavy atom. The van der Waals surface area contributed by atoms with Crippen LogP contribution in [0, 0.1) is 0 Å². The van der Waals surface area contributed by atoms with Gasteiger partial charge in [0, 0.05) is 42.2 Å². The molecule has 3 heterocycles. The molecular weight excluding hydrogens is 286 g/mol. The number of anilines is 1. The first-order valence-corrected chi connectivity index (χ1v) is 8.53. The molecule has 4 rings (SSSR count). The number of benzene rings is 1. The molecule has 0 saturated carbocycles. The van der Waals surface area contributed by atoms with Crippen molar-refractivity contribution in [2.75, 3.05) is 23.7 Å². The van der Waals surface area contributed by atoms with Gasteiger partial charge in [0.2, 0.25) is 0 Å². The van der Waals surface area contributed by atoms with Crippen LogP contribution in [0.25, 0.3) is 0 Å². The second-order valence-corrected chi connectivity index (χ2v) is 7.07. The van der Waals surface area contributed by atoms with Crippen molar-refractivity contribution >= 4 is 23.5 Å². The Balaban J connectivity index is 1.79. The van der Waals surface area contributed by atoms with Gasteiger partial charge < -0.3 is 20.6 Å². The van der Waals surface area contributed by atoms with Gasteiger partial charge in [-0.05, 0) is 17.5 Å². The maximum atomic E-state index is 11.3. The average Bonchev–Trinajstić information content (AvgIpc) is 2.71. The minimum Gasteiger partial charge on any atom is -0.465 e. The number of likely N-dealkylation sites (tertiary alicyclic amines) is 1. The minimum atomic E-state index is -0.809. The van der Waals surface area contributed by atoms with Crippen LogP contribution in [0.2, 0.25) is 0 Å². The Hall–Kier alpha value is -1.40. The van der Waals surface area contributed by atoms with E-state index in [4.69, 9.17) is 5.73 Å². The van der Waals surface area contributed by atoms with E-state index >= 15 is 0 Å². The van der Waals surface area contributed by atoms with Crippen molar-refractivity contribution in [3.8, 4) is 0 Å². The predicted molar refractivity (Wildman–Crippen MR) is 83.8 cm³/mol. The number of hydrogen-bond acceptors (Lipinski definition) is 4. The van der Waals surface area contributed by atoms with Gasteiger partial charge in [-0.2, -0.15) is 11.8 Å². The molecule has 3 aliphatic rings. The summed E-state index contributed by atoms with van der Waals surface area (Å²) in [5.74, 6) is 2.19. The fraction of sp³-hybridized carbons (Fsp3) is 0.533. The van der Waals surface area contributed by atoms with Crippen LogP contribution in [0.1, 0.15) is 23.5 Å². The molecule has 5 nitrogen and oxygen atoms in total. The normalized spacial score (nSPS) is 30.6. The lowest BCUT2D eigenvalue weighted by molar-refractivity contribution is 0.126. The van der Waals surface area contributed by atoms with E-state index in [2.05, 4.69) is 23.1 Å². The molecule has 1 saturated heterocycles. The van der Waals surface area contributed by atoms with Gasteiger partial charge in [-0.25, -0.2) is 4.79 Å². The first-order chi connectivity index (χ1) is 10.2. The van der Waals surface area contributed by atoms with Gasteiger partial charge in [0.1, 0.15) is 0 Å². The number of hydrogen-bond donors (Lipinski definition) is 2. The van der Waals surface area contributed by atoms with E-state index in [0.717, 1.165) is 17.9 Å². The Morgan fingerprint density at radius 2 is 2.29 bits per heavy atom. The van der Waals surface area contributed by atoms with E-state index in [1.807, 2.05) is 11.8 Å². The number of nitrogens with zero attached hydrogens (tertiary/aromatic N) is 2. The SMILES string of the molecule is NC1CSCc2cccc3c2N1[C@H]1CCN(C(=O)O)C[C@@H]31. The van der Waals surface area contributed by atoms with Gasteiger partial charge in [0.15, 0.2) is 0 Å². The summed E-state index contributed by atoms with van der Waals surface area (Å²) in [6.07, 6.45) is 0.0871. The standard InChI is InChI=1S/C15H19N3O2S/c16-13-8-21-7-9-2-1-3-10-11-6-17(15(19)20)5-4-12(11)18(13)14(9)10/h1-3,11-13H,4-8,16H2,(H,19,20)/t11-,12-,13?/m0/s1. The summed E-state index contributed by atoms with van der Waals surface area (Å²) in [6.45, 7) is 1.20.